The van der Waals surface area contributed by atoms with Gasteiger partial charge in [0.05, 0.1) is 5.69 Å². The zero-order valence-electron chi connectivity index (χ0n) is 7.66. The van der Waals surface area contributed by atoms with Crippen LogP contribution in [-0.4, -0.2) is 18.5 Å². The van der Waals surface area contributed by atoms with Crippen molar-refractivity contribution in [2.45, 2.75) is 0 Å². The first-order valence-corrected chi connectivity index (χ1v) is 4.66. The van der Waals surface area contributed by atoms with Crippen LogP contribution in [-0.2, 0) is 4.79 Å². The highest BCUT2D eigenvalue weighted by Gasteiger charge is 2.21. The van der Waals surface area contributed by atoms with Gasteiger partial charge in [0, 0.05) is 5.02 Å². The maximum atomic E-state index is 11.1. The van der Waals surface area contributed by atoms with E-state index in [4.69, 9.17) is 11.6 Å². The van der Waals surface area contributed by atoms with E-state index in [1.54, 1.807) is 24.3 Å². The average Bonchev–Trinajstić information content (AvgIpc) is 2.17. The van der Waals surface area contributed by atoms with Crippen molar-refractivity contribution in [2.24, 2.45) is 0 Å². The van der Waals surface area contributed by atoms with Crippen molar-refractivity contribution in [3.63, 3.8) is 0 Å². The molecule has 0 aromatic heterocycles. The number of carbonyl (C=O) groups excluding carboxylic acids is 2. The van der Waals surface area contributed by atoms with Crippen molar-refractivity contribution in [3.8, 4) is 0 Å². The van der Waals surface area contributed by atoms with Crippen LogP contribution >= 0.6 is 11.6 Å². The van der Waals surface area contributed by atoms with Gasteiger partial charge in [-0.2, -0.15) is 0 Å². The minimum Gasteiger partial charge on any atom is -0.275 e. The summed E-state index contributed by atoms with van der Waals surface area (Å²) in [6.45, 7) is 0.0906. The number of anilines is 1. The predicted molar refractivity (Wildman–Crippen MR) is 55.5 cm³/mol. The summed E-state index contributed by atoms with van der Waals surface area (Å²) < 4.78 is 0. The van der Waals surface area contributed by atoms with Crippen LogP contribution in [0.2, 0.25) is 5.02 Å². The summed E-state index contributed by atoms with van der Waals surface area (Å²) in [5, 5.41) is 4.19. The van der Waals surface area contributed by atoms with Crippen LogP contribution in [0.25, 0.3) is 0 Å². The molecule has 1 aromatic carbocycles. The molecule has 0 bridgehead atoms. The Balaban J connectivity index is 2.19. The van der Waals surface area contributed by atoms with E-state index in [0.717, 1.165) is 0 Å². The number of rotatable bonds is 1. The maximum absolute atomic E-state index is 11.1. The Bertz CT molecular complexity index is 388. The first kappa shape index (κ1) is 9.79. The smallest absolute Gasteiger partial charge is 0.275 e. The molecule has 6 heteroatoms. The molecule has 15 heavy (non-hydrogen) atoms. The molecule has 3 amide bonds. The van der Waals surface area contributed by atoms with E-state index in [0.29, 0.717) is 10.7 Å². The second-order valence-electron chi connectivity index (χ2n) is 3.05. The Kier molecular flexibility index (Phi) is 2.47. The number of halogens is 1. The fourth-order valence-corrected chi connectivity index (χ4v) is 1.40. The fourth-order valence-electron chi connectivity index (χ4n) is 1.28. The first-order chi connectivity index (χ1) is 7.15. The molecule has 78 valence electrons. The minimum absolute atomic E-state index is 0.0906. The second kappa shape index (κ2) is 3.78. The minimum atomic E-state index is -0.527. The number of hydrogen-bond donors (Lipinski definition) is 2. The average molecular weight is 226 g/mol. The Hall–Kier alpha value is -1.75. The normalized spacial score (nSPS) is 15.9. The van der Waals surface area contributed by atoms with E-state index < -0.39 is 6.03 Å². The molecule has 1 aliphatic rings. The van der Waals surface area contributed by atoms with Gasteiger partial charge in [-0.05, 0) is 24.3 Å². The lowest BCUT2D eigenvalue weighted by atomic mass is 10.3. The predicted octanol–water partition coefficient (Wildman–Crippen LogP) is 0.901. The van der Waals surface area contributed by atoms with Crippen LogP contribution in [0.5, 0.6) is 0 Å². The maximum Gasteiger partial charge on any atom is 0.340 e. The molecule has 1 fully saturated rings. The highest BCUT2D eigenvalue weighted by atomic mass is 35.5. The van der Waals surface area contributed by atoms with E-state index >= 15 is 0 Å². The lowest BCUT2D eigenvalue weighted by molar-refractivity contribution is -0.119. The standard InChI is InChI=1S/C9H8ClN3O2/c10-6-1-3-7(4-2-6)13-5-8(14)11-9(15)12-13/h1-4H,5H2,(H2,11,12,14,15). The number of amides is 3. The SMILES string of the molecule is O=C1CN(c2ccc(Cl)cc2)NC(=O)N1. The van der Waals surface area contributed by atoms with Crippen LogP contribution < -0.4 is 15.8 Å². The van der Waals surface area contributed by atoms with Gasteiger partial charge in [-0.15, -0.1) is 0 Å². The van der Waals surface area contributed by atoms with Crippen molar-refractivity contribution in [3.05, 3.63) is 29.3 Å². The monoisotopic (exact) mass is 225 g/mol. The molecule has 0 aliphatic carbocycles. The van der Waals surface area contributed by atoms with Crippen LogP contribution in [0.15, 0.2) is 24.3 Å². The van der Waals surface area contributed by atoms with E-state index in [2.05, 4.69) is 10.7 Å². The molecule has 1 aromatic rings. The molecular formula is C9H8ClN3O2. The van der Waals surface area contributed by atoms with Crippen molar-refractivity contribution in [1.82, 2.24) is 10.7 Å². The first-order valence-electron chi connectivity index (χ1n) is 4.29. The third kappa shape index (κ3) is 2.19. The Morgan fingerprint density at radius 2 is 1.87 bits per heavy atom. The lowest BCUT2D eigenvalue weighted by Gasteiger charge is -2.28. The van der Waals surface area contributed by atoms with Crippen LogP contribution in [0.4, 0.5) is 10.5 Å². The molecule has 1 aliphatic heterocycles. The zero-order chi connectivity index (χ0) is 10.8. The summed E-state index contributed by atoms with van der Waals surface area (Å²) in [7, 11) is 0. The number of imide groups is 1. The van der Waals surface area contributed by atoms with Gasteiger partial charge >= 0.3 is 6.03 Å². The van der Waals surface area contributed by atoms with Crippen molar-refractivity contribution in [2.75, 3.05) is 11.6 Å². The van der Waals surface area contributed by atoms with Crippen molar-refractivity contribution >= 4 is 29.2 Å². The summed E-state index contributed by atoms with van der Waals surface area (Å²) in [5.41, 5.74) is 3.21. The van der Waals surface area contributed by atoms with Crippen LogP contribution in [0.1, 0.15) is 0 Å². The summed E-state index contributed by atoms with van der Waals surface area (Å²) in [6.07, 6.45) is 0. The Labute approximate surface area is 91.0 Å². The number of benzene rings is 1. The summed E-state index contributed by atoms with van der Waals surface area (Å²) in [4.78, 5) is 22.1. The number of nitrogens with zero attached hydrogens (tertiary/aromatic N) is 1. The molecule has 1 heterocycles. The molecule has 0 saturated carbocycles. The number of carbonyl (C=O) groups is 2. The third-order valence-corrected chi connectivity index (χ3v) is 2.18. The molecule has 0 radical (unpaired) electrons. The molecule has 1 saturated heterocycles. The summed E-state index contributed by atoms with van der Waals surface area (Å²) in [6, 6.07) is 6.30. The van der Waals surface area contributed by atoms with E-state index in [1.807, 2.05) is 0 Å². The van der Waals surface area contributed by atoms with Gasteiger partial charge in [-0.25, -0.2) is 10.2 Å². The highest BCUT2D eigenvalue weighted by molar-refractivity contribution is 6.30. The quantitative estimate of drug-likeness (QED) is 0.747. The molecule has 2 N–H and O–H groups in total. The van der Waals surface area contributed by atoms with E-state index in [1.165, 1.54) is 5.01 Å². The number of hydrogen-bond acceptors (Lipinski definition) is 3. The van der Waals surface area contributed by atoms with Gasteiger partial charge in [0.1, 0.15) is 6.54 Å². The zero-order valence-corrected chi connectivity index (χ0v) is 8.41. The molecule has 5 nitrogen and oxygen atoms in total. The third-order valence-electron chi connectivity index (χ3n) is 1.93. The van der Waals surface area contributed by atoms with Crippen molar-refractivity contribution in [1.29, 1.82) is 0 Å². The number of urea groups is 1. The van der Waals surface area contributed by atoms with E-state index in [9.17, 15) is 9.59 Å². The molecule has 2 rings (SSSR count). The van der Waals surface area contributed by atoms with Crippen LogP contribution in [0.3, 0.4) is 0 Å². The fraction of sp³-hybridized carbons (Fsp3) is 0.111. The van der Waals surface area contributed by atoms with Gasteiger partial charge < -0.3 is 0 Å². The number of nitrogens with one attached hydrogen (secondary N) is 2. The summed E-state index contributed by atoms with van der Waals surface area (Å²) >= 11 is 5.72. The number of hydrazine groups is 1. The largest absolute Gasteiger partial charge is 0.340 e. The molecule has 0 unspecified atom stereocenters. The van der Waals surface area contributed by atoms with Gasteiger partial charge in [0.25, 0.3) is 0 Å². The van der Waals surface area contributed by atoms with Gasteiger partial charge in [-0.3, -0.25) is 15.1 Å². The second-order valence-corrected chi connectivity index (χ2v) is 3.49. The van der Waals surface area contributed by atoms with E-state index in [-0.39, 0.29) is 12.5 Å². The summed E-state index contributed by atoms with van der Waals surface area (Å²) in [5.74, 6) is -0.339. The van der Waals surface area contributed by atoms with Crippen LogP contribution in [0, 0.1) is 0 Å². The van der Waals surface area contributed by atoms with Gasteiger partial charge in [0.2, 0.25) is 5.91 Å². The molecule has 0 atom stereocenters. The van der Waals surface area contributed by atoms with Gasteiger partial charge in [0.15, 0.2) is 0 Å². The van der Waals surface area contributed by atoms with Gasteiger partial charge in [-0.1, -0.05) is 11.6 Å². The molecular weight excluding hydrogens is 218 g/mol. The highest BCUT2D eigenvalue weighted by Crippen LogP contribution is 2.16. The topological polar surface area (TPSA) is 61.4 Å². The Morgan fingerprint density at radius 3 is 2.47 bits per heavy atom. The lowest BCUT2D eigenvalue weighted by Crippen LogP contribution is -2.59. The molecule has 0 spiro atoms. The Morgan fingerprint density at radius 1 is 1.20 bits per heavy atom. The van der Waals surface area contributed by atoms with Crippen molar-refractivity contribution < 1.29 is 9.59 Å².